The molecule has 2 aromatic rings. The van der Waals surface area contributed by atoms with Crippen LogP contribution in [0, 0.1) is 0 Å². The van der Waals surface area contributed by atoms with Crippen molar-refractivity contribution in [1.82, 2.24) is 9.96 Å². The number of carbonyl (C=O) groups is 2. The molecule has 1 saturated heterocycles. The number of hydrogen-bond donors (Lipinski definition) is 1. The Morgan fingerprint density at radius 2 is 1.70 bits per heavy atom. The predicted octanol–water partition coefficient (Wildman–Crippen LogP) is 2.62. The predicted molar refractivity (Wildman–Crippen MR) is 85.2 cm³/mol. The summed E-state index contributed by atoms with van der Waals surface area (Å²) in [6.07, 6.45) is -0.586. The molecule has 2 aromatic carbocycles. The van der Waals surface area contributed by atoms with Crippen molar-refractivity contribution in [3.8, 4) is 0 Å². The Kier molecular flexibility index (Phi) is 4.25. The van der Waals surface area contributed by atoms with Crippen LogP contribution in [0.2, 0.25) is 0 Å². The molecule has 0 radical (unpaired) electrons. The van der Waals surface area contributed by atoms with E-state index in [1.54, 1.807) is 12.1 Å². The largest absolute Gasteiger partial charge is 0.324 e. The van der Waals surface area contributed by atoms with Gasteiger partial charge in [0, 0.05) is 5.69 Å². The van der Waals surface area contributed by atoms with Gasteiger partial charge in [-0.05, 0) is 17.7 Å². The Morgan fingerprint density at radius 3 is 2.30 bits per heavy atom. The molecule has 1 N–H and O–H groups in total. The summed E-state index contributed by atoms with van der Waals surface area (Å²) in [5.74, 6) is -0.260. The number of nitrogens with zero attached hydrogens (tertiary/aromatic N) is 2. The first-order valence-electron chi connectivity index (χ1n) is 7.24. The van der Waals surface area contributed by atoms with Gasteiger partial charge in [-0.15, -0.1) is 0 Å². The molecule has 0 aromatic heterocycles. The van der Waals surface area contributed by atoms with Crippen LogP contribution in [0.1, 0.15) is 11.7 Å². The number of anilines is 1. The Morgan fingerprint density at radius 1 is 1.09 bits per heavy atom. The molecule has 0 aliphatic carbocycles. The van der Waals surface area contributed by atoms with Crippen molar-refractivity contribution in [2.45, 2.75) is 6.17 Å². The number of hydrogen-bond acceptors (Lipinski definition) is 3. The third kappa shape index (κ3) is 3.02. The Labute approximate surface area is 134 Å². The molecule has 0 spiro atoms. The van der Waals surface area contributed by atoms with Crippen LogP contribution in [-0.2, 0) is 9.63 Å². The van der Waals surface area contributed by atoms with Gasteiger partial charge in [-0.3, -0.25) is 14.5 Å². The van der Waals surface area contributed by atoms with Gasteiger partial charge in [0.2, 0.25) is 0 Å². The van der Waals surface area contributed by atoms with Crippen LogP contribution in [0.4, 0.5) is 10.5 Å². The number of urea groups is 1. The molecule has 0 bridgehead atoms. The van der Waals surface area contributed by atoms with Gasteiger partial charge in [-0.25, -0.2) is 4.79 Å². The first kappa shape index (κ1) is 15.1. The monoisotopic (exact) mass is 311 g/mol. The Bertz CT molecular complexity index is 691. The molecular weight excluding hydrogens is 294 g/mol. The summed E-state index contributed by atoms with van der Waals surface area (Å²) in [6, 6.07) is 18.1. The van der Waals surface area contributed by atoms with Crippen LogP contribution in [-0.4, -0.2) is 35.6 Å². The highest BCUT2D eigenvalue weighted by atomic mass is 16.7. The third-order valence-corrected chi connectivity index (χ3v) is 3.65. The first-order chi connectivity index (χ1) is 11.2. The molecule has 6 nitrogen and oxygen atoms in total. The van der Waals surface area contributed by atoms with E-state index in [-0.39, 0.29) is 18.5 Å². The highest BCUT2D eigenvalue weighted by Gasteiger charge is 2.42. The highest BCUT2D eigenvalue weighted by Crippen LogP contribution is 2.31. The van der Waals surface area contributed by atoms with E-state index in [0.717, 1.165) is 5.56 Å². The molecule has 1 atom stereocenters. The van der Waals surface area contributed by atoms with Gasteiger partial charge in [0.1, 0.15) is 6.54 Å². The molecule has 3 amide bonds. The zero-order chi connectivity index (χ0) is 16.2. The lowest BCUT2D eigenvalue weighted by Crippen LogP contribution is -2.37. The van der Waals surface area contributed by atoms with Gasteiger partial charge in [-0.1, -0.05) is 48.5 Å². The smallest absolute Gasteiger partial charge is 0.308 e. The molecule has 3 rings (SSSR count). The summed E-state index contributed by atoms with van der Waals surface area (Å²) < 4.78 is 0. The minimum Gasteiger partial charge on any atom is -0.308 e. The second-order valence-electron chi connectivity index (χ2n) is 5.11. The van der Waals surface area contributed by atoms with Crippen molar-refractivity contribution in [2.75, 3.05) is 19.0 Å². The Balaban J connectivity index is 1.87. The quantitative estimate of drug-likeness (QED) is 0.948. The molecule has 118 valence electrons. The van der Waals surface area contributed by atoms with Crippen LogP contribution < -0.4 is 5.32 Å². The normalized spacial score (nSPS) is 17.4. The number of amides is 3. The summed E-state index contributed by atoms with van der Waals surface area (Å²) in [7, 11) is 1.42. The van der Waals surface area contributed by atoms with Crippen molar-refractivity contribution < 1.29 is 14.4 Å². The standard InChI is InChI=1S/C17H17N3O3/c1-23-20-15(21)12-19(16(20)13-8-4-2-5-9-13)17(22)18-14-10-6-3-7-11-14/h2-11,16H,12H2,1H3,(H,18,22). The number of hydroxylamine groups is 2. The fourth-order valence-electron chi connectivity index (χ4n) is 2.61. The highest BCUT2D eigenvalue weighted by molar-refractivity contribution is 5.94. The van der Waals surface area contributed by atoms with E-state index in [0.29, 0.717) is 5.69 Å². The van der Waals surface area contributed by atoms with Crippen molar-refractivity contribution in [2.24, 2.45) is 0 Å². The molecule has 1 aliphatic rings. The molecule has 0 saturated carbocycles. The lowest BCUT2D eigenvalue weighted by Gasteiger charge is -2.28. The van der Waals surface area contributed by atoms with Gasteiger partial charge >= 0.3 is 6.03 Å². The molecule has 1 unspecified atom stereocenters. The molecule has 23 heavy (non-hydrogen) atoms. The van der Waals surface area contributed by atoms with Crippen molar-refractivity contribution >= 4 is 17.6 Å². The van der Waals surface area contributed by atoms with Crippen LogP contribution in [0.25, 0.3) is 0 Å². The van der Waals surface area contributed by atoms with E-state index in [9.17, 15) is 9.59 Å². The van der Waals surface area contributed by atoms with Gasteiger partial charge in [0.05, 0.1) is 7.11 Å². The fourth-order valence-corrected chi connectivity index (χ4v) is 2.61. The van der Waals surface area contributed by atoms with Crippen molar-refractivity contribution in [1.29, 1.82) is 0 Å². The molecule has 1 aliphatic heterocycles. The number of para-hydroxylation sites is 1. The number of rotatable bonds is 3. The summed E-state index contributed by atoms with van der Waals surface area (Å²) in [4.78, 5) is 31.4. The van der Waals surface area contributed by atoms with Crippen molar-refractivity contribution in [3.05, 3.63) is 66.2 Å². The van der Waals surface area contributed by atoms with E-state index in [1.165, 1.54) is 17.1 Å². The minimum absolute atomic E-state index is 0.0356. The maximum Gasteiger partial charge on any atom is 0.324 e. The van der Waals surface area contributed by atoms with E-state index in [2.05, 4.69) is 5.32 Å². The molecule has 1 heterocycles. The molecule has 1 fully saturated rings. The zero-order valence-electron chi connectivity index (χ0n) is 12.7. The SMILES string of the molecule is CON1C(=O)CN(C(=O)Nc2ccccc2)C1c1ccccc1. The first-order valence-corrected chi connectivity index (χ1v) is 7.24. The fraction of sp³-hybridized carbons (Fsp3) is 0.176. The summed E-state index contributed by atoms with van der Waals surface area (Å²) in [5.41, 5.74) is 1.48. The second kappa shape index (κ2) is 6.50. The van der Waals surface area contributed by atoms with Crippen LogP contribution >= 0.6 is 0 Å². The topological polar surface area (TPSA) is 61.9 Å². The van der Waals surface area contributed by atoms with Gasteiger partial charge in [0.25, 0.3) is 5.91 Å². The Hall–Kier alpha value is -2.86. The third-order valence-electron chi connectivity index (χ3n) is 3.65. The van der Waals surface area contributed by atoms with E-state index in [4.69, 9.17) is 4.84 Å². The van der Waals surface area contributed by atoms with E-state index < -0.39 is 6.17 Å². The lowest BCUT2D eigenvalue weighted by atomic mass is 10.1. The minimum atomic E-state index is -0.586. The van der Waals surface area contributed by atoms with Crippen molar-refractivity contribution in [3.63, 3.8) is 0 Å². The van der Waals surface area contributed by atoms with Crippen LogP contribution in [0.5, 0.6) is 0 Å². The zero-order valence-corrected chi connectivity index (χ0v) is 12.7. The van der Waals surface area contributed by atoms with Crippen LogP contribution in [0.3, 0.4) is 0 Å². The molecule has 6 heteroatoms. The van der Waals surface area contributed by atoms with Gasteiger partial charge in [-0.2, -0.15) is 5.06 Å². The lowest BCUT2D eigenvalue weighted by molar-refractivity contribution is -0.182. The number of carbonyl (C=O) groups excluding carboxylic acids is 2. The van der Waals surface area contributed by atoms with Gasteiger partial charge in [0.15, 0.2) is 6.17 Å². The average molecular weight is 311 g/mol. The summed E-state index contributed by atoms with van der Waals surface area (Å²) >= 11 is 0. The van der Waals surface area contributed by atoms with Crippen LogP contribution in [0.15, 0.2) is 60.7 Å². The average Bonchev–Trinajstić information content (AvgIpc) is 2.93. The maximum absolute atomic E-state index is 12.6. The summed E-state index contributed by atoms with van der Waals surface area (Å²) in [6.45, 7) is -0.0356. The maximum atomic E-state index is 12.6. The van der Waals surface area contributed by atoms with Gasteiger partial charge < -0.3 is 5.32 Å². The number of benzene rings is 2. The summed E-state index contributed by atoms with van der Waals surface area (Å²) in [5, 5.41) is 4.02. The second-order valence-corrected chi connectivity index (χ2v) is 5.11. The van der Waals surface area contributed by atoms with E-state index in [1.807, 2.05) is 48.5 Å². The molecular formula is C17H17N3O3. The van der Waals surface area contributed by atoms with E-state index >= 15 is 0 Å². The number of nitrogens with one attached hydrogen (secondary N) is 1.